The molecule has 0 aromatic rings. The van der Waals surface area contributed by atoms with Gasteiger partial charge in [0.05, 0.1) is 11.5 Å². The van der Waals surface area contributed by atoms with Crippen molar-refractivity contribution < 1.29 is 13.2 Å². The maximum atomic E-state index is 11.4. The third-order valence-electron chi connectivity index (χ3n) is 2.82. The molecule has 1 heterocycles. The summed E-state index contributed by atoms with van der Waals surface area (Å²) in [6, 6.07) is 0. The average molecular weight is 188 g/mol. The van der Waals surface area contributed by atoms with E-state index in [-0.39, 0.29) is 29.1 Å². The van der Waals surface area contributed by atoms with Crippen LogP contribution in [0.4, 0.5) is 0 Å². The molecule has 4 heteroatoms. The fourth-order valence-electron chi connectivity index (χ4n) is 1.75. The van der Waals surface area contributed by atoms with Crippen molar-refractivity contribution in [1.82, 2.24) is 0 Å². The summed E-state index contributed by atoms with van der Waals surface area (Å²) in [5, 5.41) is 0. The number of sulfone groups is 1. The molecule has 1 saturated carbocycles. The Hall–Kier alpha value is -0.380. The van der Waals surface area contributed by atoms with Gasteiger partial charge in [-0.05, 0) is 12.8 Å². The molecule has 1 aliphatic carbocycles. The van der Waals surface area contributed by atoms with Gasteiger partial charge in [-0.15, -0.1) is 0 Å². The van der Waals surface area contributed by atoms with Gasteiger partial charge in [0, 0.05) is 11.8 Å². The zero-order chi connectivity index (χ0) is 8.77. The van der Waals surface area contributed by atoms with Crippen molar-refractivity contribution in [3.05, 3.63) is 0 Å². The predicted molar refractivity (Wildman–Crippen MR) is 44.5 cm³/mol. The van der Waals surface area contributed by atoms with Crippen molar-refractivity contribution in [3.8, 4) is 0 Å². The molecular formula is C8H12O3S. The summed E-state index contributed by atoms with van der Waals surface area (Å²) in [6.45, 7) is 0. The maximum Gasteiger partial charge on any atom is 0.151 e. The van der Waals surface area contributed by atoms with E-state index in [9.17, 15) is 13.2 Å². The standard InChI is InChI=1S/C8H12O3S/c9-8(6-2-1-3-6)7-4-12(10,11)5-7/h6-7H,1-5H2. The van der Waals surface area contributed by atoms with Crippen molar-refractivity contribution in [2.24, 2.45) is 11.8 Å². The minimum Gasteiger partial charge on any atom is -0.299 e. The molecule has 12 heavy (non-hydrogen) atoms. The van der Waals surface area contributed by atoms with E-state index >= 15 is 0 Å². The van der Waals surface area contributed by atoms with E-state index in [0.717, 1.165) is 19.3 Å². The normalized spacial score (nSPS) is 29.0. The first-order valence-corrected chi connectivity index (χ1v) is 6.15. The van der Waals surface area contributed by atoms with Gasteiger partial charge in [0.25, 0.3) is 0 Å². The number of hydrogen-bond acceptors (Lipinski definition) is 3. The lowest BCUT2D eigenvalue weighted by Gasteiger charge is -2.32. The van der Waals surface area contributed by atoms with Crippen molar-refractivity contribution in [3.63, 3.8) is 0 Å². The molecule has 0 N–H and O–H groups in total. The van der Waals surface area contributed by atoms with Gasteiger partial charge < -0.3 is 0 Å². The third kappa shape index (κ3) is 1.28. The molecule has 0 bridgehead atoms. The van der Waals surface area contributed by atoms with E-state index in [1.165, 1.54) is 0 Å². The van der Waals surface area contributed by atoms with Gasteiger partial charge in [-0.25, -0.2) is 8.42 Å². The van der Waals surface area contributed by atoms with E-state index in [4.69, 9.17) is 0 Å². The molecule has 2 aliphatic rings. The van der Waals surface area contributed by atoms with Gasteiger partial charge in [-0.2, -0.15) is 0 Å². The fraction of sp³-hybridized carbons (Fsp3) is 0.875. The summed E-state index contributed by atoms with van der Waals surface area (Å²) in [6.07, 6.45) is 3.10. The first-order chi connectivity index (χ1) is 5.58. The quantitative estimate of drug-likeness (QED) is 0.630. The summed E-state index contributed by atoms with van der Waals surface area (Å²) >= 11 is 0. The second-order valence-corrected chi connectivity index (χ2v) is 5.96. The lowest BCUT2D eigenvalue weighted by atomic mass is 9.78. The lowest BCUT2D eigenvalue weighted by molar-refractivity contribution is -0.128. The van der Waals surface area contributed by atoms with Crippen molar-refractivity contribution in [2.75, 3.05) is 11.5 Å². The maximum absolute atomic E-state index is 11.4. The molecule has 0 aromatic heterocycles. The van der Waals surface area contributed by atoms with E-state index in [1.807, 2.05) is 0 Å². The highest BCUT2D eigenvalue weighted by Gasteiger charge is 2.42. The largest absolute Gasteiger partial charge is 0.299 e. The van der Waals surface area contributed by atoms with Gasteiger partial charge in [-0.3, -0.25) is 4.79 Å². The van der Waals surface area contributed by atoms with Gasteiger partial charge in [-0.1, -0.05) is 6.42 Å². The molecule has 68 valence electrons. The molecule has 3 nitrogen and oxygen atoms in total. The monoisotopic (exact) mass is 188 g/mol. The van der Waals surface area contributed by atoms with Crippen molar-refractivity contribution >= 4 is 15.6 Å². The smallest absolute Gasteiger partial charge is 0.151 e. The second-order valence-electron chi connectivity index (χ2n) is 3.80. The van der Waals surface area contributed by atoms with Gasteiger partial charge in [0.15, 0.2) is 9.84 Å². The van der Waals surface area contributed by atoms with Crippen LogP contribution in [-0.2, 0) is 14.6 Å². The Morgan fingerprint density at radius 3 is 2.00 bits per heavy atom. The first kappa shape index (κ1) is 8.23. The second kappa shape index (κ2) is 2.55. The Balaban J connectivity index is 1.91. The number of carbonyl (C=O) groups excluding carboxylic acids is 1. The summed E-state index contributed by atoms with van der Waals surface area (Å²) in [4.78, 5) is 11.4. The minimum atomic E-state index is -2.81. The molecule has 2 rings (SSSR count). The van der Waals surface area contributed by atoms with Gasteiger partial charge in [0.1, 0.15) is 5.78 Å². The summed E-state index contributed by atoms with van der Waals surface area (Å²) in [5.74, 6) is 0.479. The van der Waals surface area contributed by atoms with Crippen LogP contribution >= 0.6 is 0 Å². The van der Waals surface area contributed by atoms with Crippen LogP contribution in [0.2, 0.25) is 0 Å². The van der Waals surface area contributed by atoms with Crippen LogP contribution in [0.25, 0.3) is 0 Å². The van der Waals surface area contributed by atoms with Crippen LogP contribution in [0.5, 0.6) is 0 Å². The SMILES string of the molecule is O=C(C1CCC1)C1CS(=O)(=O)C1. The van der Waals surface area contributed by atoms with Crippen molar-refractivity contribution in [2.45, 2.75) is 19.3 Å². The third-order valence-corrected chi connectivity index (χ3v) is 4.64. The number of ketones is 1. The average Bonchev–Trinajstić information content (AvgIpc) is 1.77. The molecule has 2 fully saturated rings. The molecule has 0 atom stereocenters. The number of Topliss-reactive ketones (excluding diaryl/α,β-unsaturated/α-hetero) is 1. The van der Waals surface area contributed by atoms with E-state index in [1.54, 1.807) is 0 Å². The molecule has 0 aromatic carbocycles. The highest BCUT2D eigenvalue weighted by molar-refractivity contribution is 7.92. The highest BCUT2D eigenvalue weighted by Crippen LogP contribution is 2.33. The van der Waals surface area contributed by atoms with Crippen molar-refractivity contribution in [1.29, 1.82) is 0 Å². The Bertz CT molecular complexity index is 288. The Morgan fingerprint density at radius 1 is 1.08 bits per heavy atom. The fourth-order valence-corrected chi connectivity index (χ4v) is 3.21. The number of carbonyl (C=O) groups is 1. The summed E-state index contributed by atoms with van der Waals surface area (Å²) in [5.41, 5.74) is 0. The van der Waals surface area contributed by atoms with Crippen LogP contribution in [-0.4, -0.2) is 25.7 Å². The minimum absolute atomic E-state index is 0.113. The lowest BCUT2D eigenvalue weighted by Crippen LogP contribution is -2.45. The molecule has 0 radical (unpaired) electrons. The van der Waals surface area contributed by atoms with E-state index in [0.29, 0.717) is 0 Å². The Morgan fingerprint density at radius 2 is 1.67 bits per heavy atom. The zero-order valence-corrected chi connectivity index (χ0v) is 7.64. The van der Waals surface area contributed by atoms with E-state index in [2.05, 4.69) is 0 Å². The zero-order valence-electron chi connectivity index (χ0n) is 6.82. The first-order valence-electron chi connectivity index (χ1n) is 4.33. The summed E-state index contributed by atoms with van der Waals surface area (Å²) < 4.78 is 21.6. The molecule has 0 spiro atoms. The highest BCUT2D eigenvalue weighted by atomic mass is 32.2. The van der Waals surface area contributed by atoms with Gasteiger partial charge >= 0.3 is 0 Å². The number of rotatable bonds is 2. The molecule has 1 saturated heterocycles. The molecule has 0 unspecified atom stereocenters. The van der Waals surface area contributed by atoms with Crippen LogP contribution in [0, 0.1) is 11.8 Å². The van der Waals surface area contributed by atoms with Crippen LogP contribution in [0.1, 0.15) is 19.3 Å². The molecule has 0 amide bonds. The Labute approximate surface area is 72.1 Å². The number of hydrogen-bond donors (Lipinski definition) is 0. The van der Waals surface area contributed by atoms with Crippen LogP contribution in [0.15, 0.2) is 0 Å². The predicted octanol–water partition coefficient (Wildman–Crippen LogP) is 0.400. The topological polar surface area (TPSA) is 51.2 Å². The molecular weight excluding hydrogens is 176 g/mol. The Kier molecular flexibility index (Phi) is 1.75. The molecule has 1 aliphatic heterocycles. The van der Waals surface area contributed by atoms with Crippen LogP contribution in [0.3, 0.4) is 0 Å². The van der Waals surface area contributed by atoms with Gasteiger partial charge in [0.2, 0.25) is 0 Å². The summed E-state index contributed by atoms with van der Waals surface area (Å²) in [7, 11) is -2.81. The van der Waals surface area contributed by atoms with Crippen LogP contribution < -0.4 is 0 Å². The van der Waals surface area contributed by atoms with E-state index < -0.39 is 9.84 Å².